The summed E-state index contributed by atoms with van der Waals surface area (Å²) in [5.41, 5.74) is 0.848. The molecular formula is C15H22N2O4. The van der Waals surface area contributed by atoms with Gasteiger partial charge in [-0.3, -0.25) is 4.79 Å². The number of rotatable bonds is 7. The van der Waals surface area contributed by atoms with Gasteiger partial charge in [-0.25, -0.2) is 4.79 Å². The summed E-state index contributed by atoms with van der Waals surface area (Å²) in [6, 6.07) is 7.01. The van der Waals surface area contributed by atoms with Crippen molar-refractivity contribution in [2.75, 3.05) is 6.54 Å². The molecule has 21 heavy (non-hydrogen) atoms. The molecular weight excluding hydrogens is 272 g/mol. The Morgan fingerprint density at radius 3 is 2.29 bits per heavy atom. The second-order valence-electron chi connectivity index (χ2n) is 5.36. The van der Waals surface area contributed by atoms with Crippen molar-refractivity contribution in [1.29, 1.82) is 0 Å². The lowest BCUT2D eigenvalue weighted by Crippen LogP contribution is -2.35. The lowest BCUT2D eigenvalue weighted by Gasteiger charge is -2.18. The number of hydrogen-bond acceptors (Lipinski definition) is 3. The van der Waals surface area contributed by atoms with E-state index in [0.29, 0.717) is 19.5 Å². The van der Waals surface area contributed by atoms with Crippen molar-refractivity contribution >= 4 is 12.0 Å². The molecule has 0 bridgehead atoms. The van der Waals surface area contributed by atoms with Crippen LogP contribution in [0.25, 0.3) is 0 Å². The van der Waals surface area contributed by atoms with Gasteiger partial charge in [0.25, 0.3) is 0 Å². The minimum atomic E-state index is -0.881. The molecule has 0 aromatic heterocycles. The predicted molar refractivity (Wildman–Crippen MR) is 78.8 cm³/mol. The third kappa shape index (κ3) is 6.76. The standard InChI is InChI=1S/C15H22N2O4/c1-15(2,21)12-7-5-11(6-8-12)10-17-14(20)16-9-3-4-13(18)19/h5-8,21H,3-4,9-10H2,1-2H3,(H,18,19)(H2,16,17,20). The molecule has 6 nitrogen and oxygen atoms in total. The average molecular weight is 294 g/mol. The molecule has 4 N–H and O–H groups in total. The van der Waals surface area contributed by atoms with Gasteiger partial charge in [0.05, 0.1) is 5.60 Å². The summed E-state index contributed by atoms with van der Waals surface area (Å²) in [6.07, 6.45) is 0.446. The summed E-state index contributed by atoms with van der Waals surface area (Å²) >= 11 is 0. The molecule has 1 aromatic rings. The second-order valence-corrected chi connectivity index (χ2v) is 5.36. The Bertz CT molecular complexity index is 477. The molecule has 0 saturated heterocycles. The first-order valence-electron chi connectivity index (χ1n) is 6.84. The molecule has 0 aliphatic carbocycles. The first-order valence-corrected chi connectivity index (χ1v) is 6.84. The number of carboxylic acid groups (broad SMARTS) is 1. The quantitative estimate of drug-likeness (QED) is 0.574. The van der Waals surface area contributed by atoms with Gasteiger partial charge >= 0.3 is 12.0 Å². The second kappa shape index (κ2) is 7.64. The number of benzene rings is 1. The van der Waals surface area contributed by atoms with Crippen molar-refractivity contribution in [2.24, 2.45) is 0 Å². The van der Waals surface area contributed by atoms with Crippen LogP contribution in [-0.4, -0.2) is 28.8 Å². The minimum absolute atomic E-state index is 0.0404. The fourth-order valence-electron chi connectivity index (χ4n) is 1.72. The Hall–Kier alpha value is -2.08. The summed E-state index contributed by atoms with van der Waals surface area (Å²) in [4.78, 5) is 21.8. The number of hydrogen-bond donors (Lipinski definition) is 4. The number of aliphatic hydroxyl groups is 1. The fourth-order valence-corrected chi connectivity index (χ4v) is 1.72. The number of amides is 2. The molecule has 0 radical (unpaired) electrons. The highest BCUT2D eigenvalue weighted by Crippen LogP contribution is 2.19. The highest BCUT2D eigenvalue weighted by atomic mass is 16.4. The van der Waals surface area contributed by atoms with Gasteiger partial charge < -0.3 is 20.8 Å². The molecule has 0 unspecified atom stereocenters. The molecule has 6 heteroatoms. The van der Waals surface area contributed by atoms with Crippen molar-refractivity contribution in [3.05, 3.63) is 35.4 Å². The summed E-state index contributed by atoms with van der Waals surface area (Å²) in [6.45, 7) is 4.13. The molecule has 116 valence electrons. The summed E-state index contributed by atoms with van der Waals surface area (Å²) in [7, 11) is 0. The Balaban J connectivity index is 2.31. The van der Waals surface area contributed by atoms with Crippen molar-refractivity contribution in [3.8, 4) is 0 Å². The van der Waals surface area contributed by atoms with E-state index in [1.54, 1.807) is 13.8 Å². The van der Waals surface area contributed by atoms with Crippen LogP contribution < -0.4 is 10.6 Å². The van der Waals surface area contributed by atoms with Crippen LogP contribution in [-0.2, 0) is 16.9 Å². The van der Waals surface area contributed by atoms with Crippen LogP contribution in [0.4, 0.5) is 4.79 Å². The first-order chi connectivity index (χ1) is 9.79. The number of aliphatic carboxylic acids is 1. The summed E-state index contributed by atoms with van der Waals surface area (Å²) < 4.78 is 0. The van der Waals surface area contributed by atoms with Gasteiger partial charge in [0.15, 0.2) is 0 Å². The van der Waals surface area contributed by atoms with Gasteiger partial charge in [0, 0.05) is 19.5 Å². The van der Waals surface area contributed by atoms with Crippen LogP contribution >= 0.6 is 0 Å². The molecule has 2 amide bonds. The molecule has 0 fully saturated rings. The van der Waals surface area contributed by atoms with E-state index in [-0.39, 0.29) is 12.5 Å². The van der Waals surface area contributed by atoms with Crippen LogP contribution in [0.1, 0.15) is 37.8 Å². The van der Waals surface area contributed by atoms with Crippen molar-refractivity contribution in [3.63, 3.8) is 0 Å². The van der Waals surface area contributed by atoms with Crippen LogP contribution in [0.5, 0.6) is 0 Å². The van der Waals surface area contributed by atoms with E-state index in [4.69, 9.17) is 5.11 Å². The van der Waals surface area contributed by atoms with Gasteiger partial charge in [-0.1, -0.05) is 24.3 Å². The summed E-state index contributed by atoms with van der Waals surface area (Å²) in [5.74, 6) is -0.871. The van der Waals surface area contributed by atoms with E-state index in [0.717, 1.165) is 11.1 Å². The number of nitrogens with one attached hydrogen (secondary N) is 2. The third-order valence-electron chi connectivity index (χ3n) is 2.97. The highest BCUT2D eigenvalue weighted by molar-refractivity contribution is 5.73. The zero-order valence-corrected chi connectivity index (χ0v) is 12.3. The molecule has 1 rings (SSSR count). The zero-order valence-electron chi connectivity index (χ0n) is 12.3. The van der Waals surface area contributed by atoms with Gasteiger partial charge in [-0.15, -0.1) is 0 Å². The minimum Gasteiger partial charge on any atom is -0.481 e. The van der Waals surface area contributed by atoms with Gasteiger partial charge in [0.2, 0.25) is 0 Å². The molecule has 0 saturated carbocycles. The number of urea groups is 1. The van der Waals surface area contributed by atoms with Crippen LogP contribution in [0.15, 0.2) is 24.3 Å². The molecule has 0 atom stereocenters. The maximum atomic E-state index is 11.5. The van der Waals surface area contributed by atoms with Gasteiger partial charge in [0.1, 0.15) is 0 Å². The van der Waals surface area contributed by atoms with E-state index >= 15 is 0 Å². The average Bonchev–Trinajstić information content (AvgIpc) is 2.40. The van der Waals surface area contributed by atoms with Crippen molar-refractivity contribution < 1.29 is 19.8 Å². The van der Waals surface area contributed by atoms with Crippen molar-refractivity contribution in [1.82, 2.24) is 10.6 Å². The fraction of sp³-hybridized carbons (Fsp3) is 0.467. The van der Waals surface area contributed by atoms with Crippen LogP contribution in [0.2, 0.25) is 0 Å². The Morgan fingerprint density at radius 2 is 1.76 bits per heavy atom. The van der Waals surface area contributed by atoms with E-state index in [9.17, 15) is 14.7 Å². The van der Waals surface area contributed by atoms with Crippen LogP contribution in [0, 0.1) is 0 Å². The normalized spacial score (nSPS) is 11.0. The lowest BCUT2D eigenvalue weighted by molar-refractivity contribution is -0.137. The van der Waals surface area contributed by atoms with Crippen LogP contribution in [0.3, 0.4) is 0 Å². The largest absolute Gasteiger partial charge is 0.481 e. The van der Waals surface area contributed by atoms with E-state index in [2.05, 4.69) is 10.6 Å². The highest BCUT2D eigenvalue weighted by Gasteiger charge is 2.15. The molecule has 0 aliphatic rings. The van der Waals surface area contributed by atoms with Gasteiger partial charge in [-0.2, -0.15) is 0 Å². The zero-order chi connectivity index (χ0) is 15.9. The Labute approximate surface area is 124 Å². The number of carbonyl (C=O) groups is 2. The Kier molecular flexibility index (Phi) is 6.17. The topological polar surface area (TPSA) is 98.7 Å². The maximum absolute atomic E-state index is 11.5. The van der Waals surface area contributed by atoms with E-state index in [1.165, 1.54) is 0 Å². The maximum Gasteiger partial charge on any atom is 0.315 e. The molecule has 0 heterocycles. The molecule has 0 spiro atoms. The first kappa shape index (κ1) is 17.0. The van der Waals surface area contributed by atoms with Gasteiger partial charge in [-0.05, 0) is 31.4 Å². The SMILES string of the molecule is CC(C)(O)c1ccc(CNC(=O)NCCCC(=O)O)cc1. The smallest absolute Gasteiger partial charge is 0.315 e. The monoisotopic (exact) mass is 294 g/mol. The van der Waals surface area contributed by atoms with Crippen molar-refractivity contribution in [2.45, 2.75) is 38.8 Å². The van der Waals surface area contributed by atoms with E-state index < -0.39 is 11.6 Å². The molecule has 0 aliphatic heterocycles. The third-order valence-corrected chi connectivity index (χ3v) is 2.97. The summed E-state index contributed by atoms with van der Waals surface area (Å²) in [5, 5.41) is 23.6. The number of carboxylic acids is 1. The molecule has 1 aromatic carbocycles. The predicted octanol–water partition coefficient (Wildman–Crippen LogP) is 1.58. The Morgan fingerprint density at radius 1 is 1.14 bits per heavy atom. The number of carbonyl (C=O) groups excluding carboxylic acids is 1. The lowest BCUT2D eigenvalue weighted by atomic mass is 9.97. The van der Waals surface area contributed by atoms with E-state index in [1.807, 2.05) is 24.3 Å².